The van der Waals surface area contributed by atoms with E-state index < -0.39 is 6.23 Å². The molecule has 3 heteroatoms. The van der Waals surface area contributed by atoms with E-state index in [1.54, 1.807) is 0 Å². The molecule has 1 aliphatic heterocycles. The third-order valence-electron chi connectivity index (χ3n) is 2.93. The number of aryl methyl sites for hydroxylation is 1. The van der Waals surface area contributed by atoms with Gasteiger partial charge in [0.25, 0.3) is 0 Å². The molecule has 0 amide bonds. The molecule has 1 N–H and O–H groups in total. The van der Waals surface area contributed by atoms with Crippen LogP contribution in [0.4, 0.5) is 0 Å². The van der Waals surface area contributed by atoms with Crippen molar-refractivity contribution in [1.82, 2.24) is 0 Å². The normalized spacial score (nSPS) is 24.5. The Labute approximate surface area is 109 Å². The molecule has 0 aromatic heterocycles. The van der Waals surface area contributed by atoms with E-state index in [1.807, 2.05) is 0 Å². The number of hydrogen-bond acceptors (Lipinski definition) is 2. The zero-order chi connectivity index (χ0) is 12.3. The van der Waals surface area contributed by atoms with E-state index in [4.69, 9.17) is 0 Å². The van der Waals surface area contributed by atoms with Crippen molar-refractivity contribution < 1.29 is 5.11 Å². The van der Waals surface area contributed by atoms with E-state index in [2.05, 4.69) is 43.1 Å². The van der Waals surface area contributed by atoms with Crippen molar-refractivity contribution in [3.8, 4) is 0 Å². The van der Waals surface area contributed by atoms with Gasteiger partial charge in [-0.3, -0.25) is 0 Å². The van der Waals surface area contributed by atoms with Gasteiger partial charge in [0.2, 0.25) is 0 Å². The quantitative estimate of drug-likeness (QED) is 0.855. The summed E-state index contributed by atoms with van der Waals surface area (Å²) in [5.74, 6) is 0. The van der Waals surface area contributed by atoms with Crippen LogP contribution in [-0.4, -0.2) is 30.9 Å². The fourth-order valence-electron chi connectivity index (χ4n) is 2.00. The number of aliphatic hydroxyl groups is 1. The first kappa shape index (κ1) is 12.8. The Morgan fingerprint density at radius 1 is 1.35 bits per heavy atom. The van der Waals surface area contributed by atoms with E-state index in [9.17, 15) is 5.11 Å². The molecule has 0 saturated carbocycles. The molecule has 1 aromatic carbocycles. The fourth-order valence-corrected chi connectivity index (χ4v) is 4.92. The number of aliphatic hydroxyl groups excluding tert-OH is 1. The van der Waals surface area contributed by atoms with Crippen LogP contribution >= 0.6 is 0 Å². The molecule has 17 heavy (non-hydrogen) atoms. The predicted octanol–water partition coefficient (Wildman–Crippen LogP) is 2.76. The zero-order valence-electron chi connectivity index (χ0n) is 10.4. The summed E-state index contributed by atoms with van der Waals surface area (Å²) in [4.78, 5) is 5.06. The van der Waals surface area contributed by atoms with Gasteiger partial charge < -0.3 is 0 Å². The summed E-state index contributed by atoms with van der Waals surface area (Å²) in [7, 11) is 0. The van der Waals surface area contributed by atoms with E-state index in [1.165, 1.54) is 24.0 Å². The molecular weight excluding hydrogens is 277 g/mol. The molecule has 0 unspecified atom stereocenters. The van der Waals surface area contributed by atoms with Gasteiger partial charge in [0.05, 0.1) is 0 Å². The van der Waals surface area contributed by atoms with Gasteiger partial charge in [0, 0.05) is 0 Å². The van der Waals surface area contributed by atoms with Gasteiger partial charge in [-0.25, -0.2) is 0 Å². The Morgan fingerprint density at radius 2 is 2.06 bits per heavy atom. The SMILES string of the molecule is CCC[C@H]1C[C@H](O)N=C(c2ccc(C)cc2)[Se]1. The second-order valence-corrected chi connectivity index (χ2v) is 7.25. The van der Waals surface area contributed by atoms with Crippen molar-refractivity contribution in [2.75, 3.05) is 0 Å². The average molecular weight is 296 g/mol. The van der Waals surface area contributed by atoms with Crippen LogP contribution in [0.3, 0.4) is 0 Å². The first-order chi connectivity index (χ1) is 8.19. The maximum absolute atomic E-state index is 9.82. The number of nitrogens with zero attached hydrogens (tertiary/aromatic N) is 1. The van der Waals surface area contributed by atoms with Gasteiger partial charge in [-0.1, -0.05) is 0 Å². The van der Waals surface area contributed by atoms with Crippen molar-refractivity contribution in [3.05, 3.63) is 35.4 Å². The summed E-state index contributed by atoms with van der Waals surface area (Å²) in [6, 6.07) is 8.47. The van der Waals surface area contributed by atoms with E-state index in [0.717, 1.165) is 11.0 Å². The van der Waals surface area contributed by atoms with Crippen molar-refractivity contribution in [2.24, 2.45) is 4.99 Å². The van der Waals surface area contributed by atoms with Crippen LogP contribution < -0.4 is 0 Å². The molecule has 0 fully saturated rings. The summed E-state index contributed by atoms with van der Waals surface area (Å²) >= 11 is 0.407. The Hall–Kier alpha value is -0.631. The number of hydrogen-bond donors (Lipinski definition) is 1. The van der Waals surface area contributed by atoms with Crippen LogP contribution in [0.2, 0.25) is 4.82 Å². The molecular formula is C14H19NOSe. The van der Waals surface area contributed by atoms with Crippen molar-refractivity contribution in [3.63, 3.8) is 0 Å². The Balaban J connectivity index is 2.17. The van der Waals surface area contributed by atoms with Crippen LogP contribution in [0.25, 0.3) is 0 Å². The Morgan fingerprint density at radius 3 is 2.71 bits per heavy atom. The van der Waals surface area contributed by atoms with Gasteiger partial charge in [0.15, 0.2) is 0 Å². The molecule has 92 valence electrons. The van der Waals surface area contributed by atoms with Gasteiger partial charge in [-0.05, 0) is 0 Å². The molecule has 2 atom stereocenters. The minimum absolute atomic E-state index is 0.407. The molecule has 1 aromatic rings. The summed E-state index contributed by atoms with van der Waals surface area (Å²) in [6.07, 6.45) is 2.77. The molecule has 1 aliphatic rings. The summed E-state index contributed by atoms with van der Waals surface area (Å²) in [5.41, 5.74) is 2.46. The van der Waals surface area contributed by atoms with Gasteiger partial charge in [-0.2, -0.15) is 0 Å². The molecule has 0 bridgehead atoms. The van der Waals surface area contributed by atoms with Crippen LogP contribution in [-0.2, 0) is 0 Å². The predicted molar refractivity (Wildman–Crippen MR) is 72.8 cm³/mol. The van der Waals surface area contributed by atoms with E-state index in [-0.39, 0.29) is 0 Å². The van der Waals surface area contributed by atoms with Crippen LogP contribution in [0.1, 0.15) is 37.3 Å². The Kier molecular flexibility index (Phi) is 4.38. The molecule has 0 aliphatic carbocycles. The molecule has 2 rings (SSSR count). The zero-order valence-corrected chi connectivity index (χ0v) is 12.1. The topological polar surface area (TPSA) is 32.6 Å². The molecule has 1 heterocycles. The minimum atomic E-state index is -0.488. The van der Waals surface area contributed by atoms with Gasteiger partial charge in [-0.15, -0.1) is 0 Å². The van der Waals surface area contributed by atoms with Crippen LogP contribution in [0, 0.1) is 6.92 Å². The van der Waals surface area contributed by atoms with Crippen LogP contribution in [0.5, 0.6) is 0 Å². The summed E-state index contributed by atoms with van der Waals surface area (Å²) in [6.45, 7) is 4.30. The summed E-state index contributed by atoms with van der Waals surface area (Å²) in [5, 5.41) is 9.82. The first-order valence-corrected chi connectivity index (χ1v) is 8.03. The maximum atomic E-state index is 9.82. The third-order valence-corrected chi connectivity index (χ3v) is 5.71. The number of benzene rings is 1. The van der Waals surface area contributed by atoms with E-state index in [0.29, 0.717) is 19.8 Å². The molecule has 0 radical (unpaired) electrons. The molecule has 0 saturated heterocycles. The Bertz CT molecular complexity index is 399. The number of aliphatic imine (C=N–C) groups is 1. The standard InChI is InChI=1S/C14H19NOSe/c1-3-4-12-9-13(16)15-14(17-12)11-7-5-10(2)6-8-11/h5-8,12-13,16H,3-4,9H2,1-2H3/t12-,13-/m0/s1. The molecule has 0 spiro atoms. The first-order valence-electron chi connectivity index (χ1n) is 6.18. The monoisotopic (exact) mass is 297 g/mol. The van der Waals surface area contributed by atoms with Crippen molar-refractivity contribution >= 4 is 19.6 Å². The second-order valence-electron chi connectivity index (χ2n) is 4.55. The van der Waals surface area contributed by atoms with E-state index >= 15 is 0 Å². The van der Waals surface area contributed by atoms with Crippen LogP contribution in [0.15, 0.2) is 29.3 Å². The summed E-state index contributed by atoms with van der Waals surface area (Å²) < 4.78 is 1.13. The third kappa shape index (κ3) is 3.41. The van der Waals surface area contributed by atoms with Gasteiger partial charge in [0.1, 0.15) is 0 Å². The average Bonchev–Trinajstić information content (AvgIpc) is 2.29. The van der Waals surface area contributed by atoms with Gasteiger partial charge >= 0.3 is 109 Å². The van der Waals surface area contributed by atoms with Crippen molar-refractivity contribution in [2.45, 2.75) is 44.2 Å². The number of rotatable bonds is 3. The second kappa shape index (κ2) is 5.81. The molecule has 2 nitrogen and oxygen atoms in total. The van der Waals surface area contributed by atoms with Crippen molar-refractivity contribution in [1.29, 1.82) is 0 Å². The fraction of sp³-hybridized carbons (Fsp3) is 0.500.